The van der Waals surface area contributed by atoms with Crippen LogP contribution in [0.25, 0.3) is 0 Å². The van der Waals surface area contributed by atoms with E-state index in [1.165, 1.54) is 11.8 Å². The first-order chi connectivity index (χ1) is 14.9. The first-order valence-corrected chi connectivity index (χ1v) is 12.9. The minimum atomic E-state index is -3.11. The van der Waals surface area contributed by atoms with Crippen LogP contribution in [0.3, 0.4) is 0 Å². The van der Waals surface area contributed by atoms with Crippen molar-refractivity contribution in [1.82, 2.24) is 14.8 Å². The zero-order valence-corrected chi connectivity index (χ0v) is 18.8. The van der Waals surface area contributed by atoms with Gasteiger partial charge in [0.1, 0.15) is 5.82 Å². The fourth-order valence-electron chi connectivity index (χ4n) is 3.73. The van der Waals surface area contributed by atoms with E-state index in [0.29, 0.717) is 18.0 Å². The van der Waals surface area contributed by atoms with Gasteiger partial charge in [-0.25, -0.2) is 8.42 Å². The molecular formula is C22H24N4O3S2. The SMILES string of the molecule is Cn1c(Cc2ccccc2)nnc1SCC(=O)N(c1ccccc1)[C@H]1CCS(=O)(=O)C1. The lowest BCUT2D eigenvalue weighted by atomic mass is 10.1. The van der Waals surface area contributed by atoms with Crippen molar-refractivity contribution in [3.05, 3.63) is 72.1 Å². The summed E-state index contributed by atoms with van der Waals surface area (Å²) in [6.45, 7) is 0. The molecule has 1 atom stereocenters. The lowest BCUT2D eigenvalue weighted by molar-refractivity contribution is -0.116. The van der Waals surface area contributed by atoms with Crippen LogP contribution in [0.15, 0.2) is 65.8 Å². The third-order valence-electron chi connectivity index (χ3n) is 5.33. The van der Waals surface area contributed by atoms with E-state index >= 15 is 0 Å². The Hall–Kier alpha value is -2.65. The summed E-state index contributed by atoms with van der Waals surface area (Å²) in [6, 6.07) is 19.0. The summed E-state index contributed by atoms with van der Waals surface area (Å²) in [5.41, 5.74) is 1.86. The van der Waals surface area contributed by atoms with Crippen molar-refractivity contribution in [3.8, 4) is 0 Å². The average Bonchev–Trinajstić information content (AvgIpc) is 3.30. The fraction of sp³-hybridized carbons (Fsp3) is 0.318. The highest BCUT2D eigenvalue weighted by molar-refractivity contribution is 7.99. The lowest BCUT2D eigenvalue weighted by Gasteiger charge is -2.28. The summed E-state index contributed by atoms with van der Waals surface area (Å²) in [4.78, 5) is 14.8. The van der Waals surface area contributed by atoms with Crippen LogP contribution < -0.4 is 4.90 Å². The van der Waals surface area contributed by atoms with Crippen molar-refractivity contribution < 1.29 is 13.2 Å². The summed E-state index contributed by atoms with van der Waals surface area (Å²) in [7, 11) is -1.22. The van der Waals surface area contributed by atoms with Crippen LogP contribution >= 0.6 is 11.8 Å². The Kier molecular flexibility index (Phi) is 6.43. The number of nitrogens with zero attached hydrogens (tertiary/aromatic N) is 4. The molecule has 1 amide bonds. The molecule has 9 heteroatoms. The average molecular weight is 457 g/mol. The molecule has 1 fully saturated rings. The standard InChI is InChI=1S/C22H24N4O3S2/c1-25-20(14-17-8-4-2-5-9-17)23-24-22(25)30-15-21(27)26(18-10-6-3-7-11-18)19-12-13-31(28,29)16-19/h2-11,19H,12-16H2,1H3/t19-/m0/s1. The van der Waals surface area contributed by atoms with E-state index < -0.39 is 9.84 Å². The Balaban J connectivity index is 1.47. The molecular weight excluding hydrogens is 432 g/mol. The zero-order valence-electron chi connectivity index (χ0n) is 17.2. The van der Waals surface area contributed by atoms with Crippen LogP contribution in [-0.2, 0) is 28.1 Å². The van der Waals surface area contributed by atoms with Crippen LogP contribution in [0, 0.1) is 0 Å². The van der Waals surface area contributed by atoms with E-state index in [4.69, 9.17) is 0 Å². The van der Waals surface area contributed by atoms with E-state index in [-0.39, 0.29) is 29.2 Å². The van der Waals surface area contributed by atoms with Gasteiger partial charge < -0.3 is 9.47 Å². The maximum atomic E-state index is 13.2. The lowest BCUT2D eigenvalue weighted by Crippen LogP contribution is -2.42. The zero-order chi connectivity index (χ0) is 21.8. The first-order valence-electron chi connectivity index (χ1n) is 10.1. The van der Waals surface area contributed by atoms with Crippen molar-refractivity contribution in [2.75, 3.05) is 22.2 Å². The Labute approximate surface area is 186 Å². The molecule has 0 aliphatic carbocycles. The van der Waals surface area contributed by atoms with Crippen molar-refractivity contribution in [2.24, 2.45) is 7.05 Å². The molecule has 0 saturated carbocycles. The van der Waals surface area contributed by atoms with Gasteiger partial charge in [-0.1, -0.05) is 60.3 Å². The molecule has 0 unspecified atom stereocenters. The number of carbonyl (C=O) groups is 1. The van der Waals surface area contributed by atoms with Crippen molar-refractivity contribution >= 4 is 33.2 Å². The third-order valence-corrected chi connectivity index (χ3v) is 8.09. The molecule has 1 aromatic heterocycles. The molecule has 4 rings (SSSR count). The Morgan fingerprint density at radius 3 is 2.42 bits per heavy atom. The van der Waals surface area contributed by atoms with Crippen molar-refractivity contribution in [2.45, 2.75) is 24.0 Å². The molecule has 162 valence electrons. The van der Waals surface area contributed by atoms with Gasteiger partial charge in [0.05, 0.1) is 23.3 Å². The molecule has 0 radical (unpaired) electrons. The first kappa shape index (κ1) is 21.6. The molecule has 2 heterocycles. The normalized spacial score (nSPS) is 17.5. The molecule has 0 spiro atoms. The molecule has 1 saturated heterocycles. The molecule has 0 N–H and O–H groups in total. The van der Waals surface area contributed by atoms with Gasteiger partial charge in [0, 0.05) is 19.2 Å². The molecule has 7 nitrogen and oxygen atoms in total. The molecule has 3 aromatic rings. The monoisotopic (exact) mass is 456 g/mol. The number of anilines is 1. The number of amides is 1. The maximum Gasteiger partial charge on any atom is 0.237 e. The number of sulfone groups is 1. The van der Waals surface area contributed by atoms with E-state index in [9.17, 15) is 13.2 Å². The van der Waals surface area contributed by atoms with Gasteiger partial charge in [-0.05, 0) is 24.1 Å². The van der Waals surface area contributed by atoms with Gasteiger partial charge >= 0.3 is 0 Å². The number of rotatable bonds is 7. The minimum absolute atomic E-state index is 0.00346. The predicted octanol–water partition coefficient (Wildman–Crippen LogP) is 2.72. The van der Waals surface area contributed by atoms with Gasteiger partial charge in [-0.2, -0.15) is 0 Å². The van der Waals surface area contributed by atoms with E-state index in [0.717, 1.165) is 17.1 Å². The molecule has 1 aliphatic heterocycles. The van der Waals surface area contributed by atoms with Gasteiger partial charge in [0.2, 0.25) is 5.91 Å². The predicted molar refractivity (Wildman–Crippen MR) is 122 cm³/mol. The quantitative estimate of drug-likeness (QED) is 0.508. The number of benzene rings is 2. The van der Waals surface area contributed by atoms with Crippen molar-refractivity contribution in [3.63, 3.8) is 0 Å². The van der Waals surface area contributed by atoms with Gasteiger partial charge in [-0.3, -0.25) is 4.79 Å². The molecule has 0 bridgehead atoms. The van der Waals surface area contributed by atoms with Crippen LogP contribution in [0.1, 0.15) is 17.8 Å². The highest BCUT2D eigenvalue weighted by Gasteiger charge is 2.35. The maximum absolute atomic E-state index is 13.2. The molecule has 2 aromatic carbocycles. The number of aromatic nitrogens is 3. The highest BCUT2D eigenvalue weighted by Crippen LogP contribution is 2.26. The summed E-state index contributed by atoms with van der Waals surface area (Å²) in [5.74, 6) is 0.966. The third kappa shape index (κ3) is 5.16. The minimum Gasteiger partial charge on any atom is -0.309 e. The molecule has 1 aliphatic rings. The highest BCUT2D eigenvalue weighted by atomic mass is 32.2. The largest absolute Gasteiger partial charge is 0.309 e. The number of carbonyl (C=O) groups excluding carboxylic acids is 1. The smallest absolute Gasteiger partial charge is 0.237 e. The molecule has 31 heavy (non-hydrogen) atoms. The Morgan fingerprint density at radius 2 is 1.77 bits per heavy atom. The number of hydrogen-bond donors (Lipinski definition) is 0. The fourth-order valence-corrected chi connectivity index (χ4v) is 6.21. The topological polar surface area (TPSA) is 85.2 Å². The second-order valence-corrected chi connectivity index (χ2v) is 10.7. The van der Waals surface area contributed by atoms with Crippen LogP contribution in [0.4, 0.5) is 5.69 Å². The Morgan fingerprint density at radius 1 is 1.10 bits per heavy atom. The van der Waals surface area contributed by atoms with E-state index in [1.807, 2.05) is 72.3 Å². The number of para-hydroxylation sites is 1. The van der Waals surface area contributed by atoms with E-state index in [1.54, 1.807) is 4.90 Å². The summed E-state index contributed by atoms with van der Waals surface area (Å²) in [6.07, 6.45) is 1.12. The second-order valence-electron chi connectivity index (χ2n) is 7.57. The summed E-state index contributed by atoms with van der Waals surface area (Å²) >= 11 is 1.32. The van der Waals surface area contributed by atoms with Crippen molar-refractivity contribution in [1.29, 1.82) is 0 Å². The summed E-state index contributed by atoms with van der Waals surface area (Å²) in [5, 5.41) is 9.18. The number of hydrogen-bond acceptors (Lipinski definition) is 6. The second kappa shape index (κ2) is 9.23. The van der Waals surface area contributed by atoms with Gasteiger partial charge in [0.15, 0.2) is 15.0 Å². The van der Waals surface area contributed by atoms with Crippen LogP contribution in [0.5, 0.6) is 0 Å². The van der Waals surface area contributed by atoms with E-state index in [2.05, 4.69) is 10.2 Å². The van der Waals surface area contributed by atoms with Crippen LogP contribution in [-0.4, -0.2) is 52.4 Å². The summed E-state index contributed by atoms with van der Waals surface area (Å²) < 4.78 is 25.9. The Bertz CT molecular complexity index is 1150. The van der Waals surface area contributed by atoms with Gasteiger partial charge in [0.25, 0.3) is 0 Å². The number of thioether (sulfide) groups is 1. The van der Waals surface area contributed by atoms with Gasteiger partial charge in [-0.15, -0.1) is 10.2 Å². The van der Waals surface area contributed by atoms with Crippen LogP contribution in [0.2, 0.25) is 0 Å².